The third-order valence-corrected chi connectivity index (χ3v) is 5.01. The van der Waals surface area contributed by atoms with Crippen molar-refractivity contribution in [1.82, 2.24) is 13.9 Å². The van der Waals surface area contributed by atoms with Crippen LogP contribution in [-0.2, 0) is 14.8 Å². The summed E-state index contributed by atoms with van der Waals surface area (Å²) < 4.78 is 34.3. The molecule has 1 aromatic heterocycles. The van der Waals surface area contributed by atoms with Crippen molar-refractivity contribution in [2.24, 2.45) is 0 Å². The second-order valence-electron chi connectivity index (χ2n) is 6.24. The minimum Gasteiger partial charge on any atom is -0.370 e. The zero-order valence-electron chi connectivity index (χ0n) is 12.7. The minimum absolute atomic E-state index is 0.108. The Kier molecular flexibility index (Phi) is 3.96. The normalized spacial score (nSPS) is 24.2. The van der Waals surface area contributed by atoms with E-state index in [1.807, 2.05) is 34.6 Å². The predicted molar refractivity (Wildman–Crippen MR) is 76.0 cm³/mol. The molecule has 1 aliphatic rings. The zero-order valence-corrected chi connectivity index (χ0v) is 13.5. The van der Waals surface area contributed by atoms with E-state index >= 15 is 0 Å². The summed E-state index contributed by atoms with van der Waals surface area (Å²) in [6, 6.07) is 0.187. The molecule has 20 heavy (non-hydrogen) atoms. The third kappa shape index (κ3) is 3.05. The second-order valence-corrected chi connectivity index (χ2v) is 8.12. The maximum atomic E-state index is 12.7. The fraction of sp³-hybridized carbons (Fsp3) is 0.769. The maximum Gasteiger partial charge on any atom is 0.262 e. The second kappa shape index (κ2) is 5.13. The zero-order chi connectivity index (χ0) is 15.1. The molecular formula is C13H23N3O3S. The van der Waals surface area contributed by atoms with Crippen LogP contribution in [-0.4, -0.2) is 47.1 Å². The lowest BCUT2D eigenvalue weighted by molar-refractivity contribution is -0.109. The lowest BCUT2D eigenvalue weighted by atomic mass is 10.1. The third-order valence-electron chi connectivity index (χ3n) is 3.32. The van der Waals surface area contributed by atoms with Gasteiger partial charge in [-0.3, -0.25) is 0 Å². The van der Waals surface area contributed by atoms with Gasteiger partial charge < -0.3 is 9.30 Å². The molecule has 6 nitrogen and oxygen atoms in total. The highest BCUT2D eigenvalue weighted by molar-refractivity contribution is 7.89. The molecule has 1 unspecified atom stereocenters. The average Bonchev–Trinajstić information content (AvgIpc) is 2.75. The number of hydrogen-bond donors (Lipinski definition) is 0. The van der Waals surface area contributed by atoms with Crippen LogP contribution in [0.5, 0.6) is 0 Å². The average molecular weight is 301 g/mol. The van der Waals surface area contributed by atoms with Crippen molar-refractivity contribution >= 4 is 10.0 Å². The highest BCUT2D eigenvalue weighted by Crippen LogP contribution is 2.26. The summed E-state index contributed by atoms with van der Waals surface area (Å²) in [7, 11) is -3.56. The van der Waals surface area contributed by atoms with Gasteiger partial charge in [0.25, 0.3) is 10.0 Å². The van der Waals surface area contributed by atoms with Crippen molar-refractivity contribution in [3.63, 3.8) is 0 Å². The first kappa shape index (κ1) is 15.5. The fourth-order valence-electron chi connectivity index (χ4n) is 2.44. The first-order valence-electron chi connectivity index (χ1n) is 6.83. The topological polar surface area (TPSA) is 64.4 Å². The summed E-state index contributed by atoms with van der Waals surface area (Å²) in [5, 5.41) is 0.108. The Morgan fingerprint density at radius 2 is 2.10 bits per heavy atom. The van der Waals surface area contributed by atoms with E-state index in [9.17, 15) is 8.42 Å². The Morgan fingerprint density at radius 1 is 1.45 bits per heavy atom. The van der Waals surface area contributed by atoms with Crippen LogP contribution < -0.4 is 0 Å². The SMILES string of the molecule is CC1CN(S(=O)(=O)c2cn(C(C)C)cn2)CC(C)(C)O1. The van der Waals surface area contributed by atoms with E-state index in [1.54, 1.807) is 17.1 Å². The highest BCUT2D eigenvalue weighted by atomic mass is 32.2. The fourth-order valence-corrected chi connectivity index (χ4v) is 4.03. The summed E-state index contributed by atoms with van der Waals surface area (Å²) in [5.74, 6) is 0. The Labute approximate surface area is 120 Å². The van der Waals surface area contributed by atoms with Crippen LogP contribution in [0.2, 0.25) is 0 Å². The summed E-state index contributed by atoms with van der Waals surface area (Å²) in [5.41, 5.74) is -0.481. The molecule has 7 heteroatoms. The van der Waals surface area contributed by atoms with Gasteiger partial charge >= 0.3 is 0 Å². The van der Waals surface area contributed by atoms with E-state index < -0.39 is 15.6 Å². The van der Waals surface area contributed by atoms with E-state index in [4.69, 9.17) is 4.74 Å². The summed E-state index contributed by atoms with van der Waals surface area (Å²) in [4.78, 5) is 4.05. The van der Waals surface area contributed by atoms with Crippen LogP contribution in [0.15, 0.2) is 17.6 Å². The molecule has 0 amide bonds. The van der Waals surface area contributed by atoms with Gasteiger partial charge in [-0.15, -0.1) is 0 Å². The molecule has 2 rings (SSSR count). The number of nitrogens with zero attached hydrogens (tertiary/aromatic N) is 3. The monoisotopic (exact) mass is 301 g/mol. The molecule has 0 N–H and O–H groups in total. The predicted octanol–water partition coefficient (Wildman–Crippen LogP) is 1.65. The van der Waals surface area contributed by atoms with Crippen molar-refractivity contribution in [3.8, 4) is 0 Å². The Morgan fingerprint density at radius 3 is 2.60 bits per heavy atom. The van der Waals surface area contributed by atoms with Gasteiger partial charge in [-0.2, -0.15) is 4.31 Å². The molecule has 1 atom stereocenters. The summed E-state index contributed by atoms with van der Waals surface area (Å²) >= 11 is 0. The molecule has 114 valence electrons. The molecule has 0 spiro atoms. The number of hydrogen-bond acceptors (Lipinski definition) is 4. The van der Waals surface area contributed by atoms with Crippen molar-refractivity contribution in [1.29, 1.82) is 0 Å². The van der Waals surface area contributed by atoms with Crippen LogP contribution >= 0.6 is 0 Å². The van der Waals surface area contributed by atoms with Gasteiger partial charge in [-0.25, -0.2) is 13.4 Å². The van der Waals surface area contributed by atoms with Gasteiger partial charge in [0.2, 0.25) is 0 Å². The highest BCUT2D eigenvalue weighted by Gasteiger charge is 2.38. The van der Waals surface area contributed by atoms with Gasteiger partial charge in [-0.1, -0.05) is 0 Å². The first-order chi connectivity index (χ1) is 9.12. The lowest BCUT2D eigenvalue weighted by Crippen LogP contribution is -2.53. The van der Waals surface area contributed by atoms with E-state index in [0.717, 1.165) is 0 Å². The quantitative estimate of drug-likeness (QED) is 0.851. The number of imidazole rings is 1. The van der Waals surface area contributed by atoms with Gasteiger partial charge in [0, 0.05) is 25.3 Å². The van der Waals surface area contributed by atoms with Crippen molar-refractivity contribution in [2.45, 2.75) is 57.4 Å². The van der Waals surface area contributed by atoms with Gasteiger partial charge in [-0.05, 0) is 34.6 Å². The first-order valence-corrected chi connectivity index (χ1v) is 8.27. The number of rotatable bonds is 3. The number of sulfonamides is 1. The standard InChI is InChI=1S/C13H23N3O3S/c1-10(2)15-7-12(14-9-15)20(17,18)16-6-11(3)19-13(4,5)8-16/h7,9-11H,6,8H2,1-5H3. The van der Waals surface area contributed by atoms with Crippen molar-refractivity contribution in [3.05, 3.63) is 12.5 Å². The maximum absolute atomic E-state index is 12.7. The molecule has 0 saturated carbocycles. The molecule has 1 aliphatic heterocycles. The molecular weight excluding hydrogens is 278 g/mol. The molecule has 0 aliphatic carbocycles. The molecule has 0 bridgehead atoms. The van der Waals surface area contributed by atoms with Crippen molar-refractivity contribution in [2.75, 3.05) is 13.1 Å². The molecule has 2 heterocycles. The van der Waals surface area contributed by atoms with E-state index in [-0.39, 0.29) is 17.2 Å². The van der Waals surface area contributed by atoms with Crippen LogP contribution in [0.1, 0.15) is 40.7 Å². The number of morpholine rings is 1. The molecule has 1 fully saturated rings. The van der Waals surface area contributed by atoms with E-state index in [1.165, 1.54) is 4.31 Å². The van der Waals surface area contributed by atoms with Gasteiger partial charge in [0.05, 0.1) is 18.0 Å². The summed E-state index contributed by atoms with van der Waals surface area (Å²) in [6.07, 6.45) is 3.03. The van der Waals surface area contributed by atoms with Crippen LogP contribution in [0.25, 0.3) is 0 Å². The van der Waals surface area contributed by atoms with Crippen LogP contribution in [0.4, 0.5) is 0 Å². The van der Waals surface area contributed by atoms with Gasteiger partial charge in [0.1, 0.15) is 0 Å². The van der Waals surface area contributed by atoms with Crippen LogP contribution in [0, 0.1) is 0 Å². The Bertz CT molecular complexity index is 577. The number of ether oxygens (including phenoxy) is 1. The largest absolute Gasteiger partial charge is 0.370 e. The van der Waals surface area contributed by atoms with Crippen LogP contribution in [0.3, 0.4) is 0 Å². The van der Waals surface area contributed by atoms with E-state index in [2.05, 4.69) is 4.98 Å². The molecule has 1 saturated heterocycles. The summed E-state index contributed by atoms with van der Waals surface area (Å²) in [6.45, 7) is 10.4. The molecule has 0 radical (unpaired) electrons. The van der Waals surface area contributed by atoms with Gasteiger partial charge in [0.15, 0.2) is 5.03 Å². The van der Waals surface area contributed by atoms with Crippen molar-refractivity contribution < 1.29 is 13.2 Å². The minimum atomic E-state index is -3.56. The lowest BCUT2D eigenvalue weighted by Gasteiger charge is -2.40. The van der Waals surface area contributed by atoms with E-state index in [0.29, 0.717) is 13.1 Å². The molecule has 0 aromatic carbocycles. The Balaban J connectivity index is 2.29. The molecule has 1 aromatic rings. The Hall–Kier alpha value is -0.920. The smallest absolute Gasteiger partial charge is 0.262 e. The number of aromatic nitrogens is 2.